The first-order valence-electron chi connectivity index (χ1n) is 6.07. The molecule has 0 aliphatic heterocycles. The van der Waals surface area contributed by atoms with Crippen LogP contribution in [0.2, 0.25) is 0 Å². The van der Waals surface area contributed by atoms with E-state index in [-0.39, 0.29) is 24.9 Å². The maximum atomic E-state index is 12.7. The molecule has 0 atom stereocenters. The summed E-state index contributed by atoms with van der Waals surface area (Å²) in [6.07, 6.45) is -4.64. The fourth-order valence-corrected chi connectivity index (χ4v) is 3.40. The van der Waals surface area contributed by atoms with Crippen LogP contribution < -0.4 is 0 Å². The highest BCUT2D eigenvalue weighted by atomic mass is 31.2. The largest absolute Gasteiger partial charge is 0.410 e. The lowest BCUT2D eigenvalue weighted by atomic mass is 10.2. The van der Waals surface area contributed by atoms with E-state index in [1.54, 1.807) is 32.0 Å². The van der Waals surface area contributed by atoms with Gasteiger partial charge in [0.05, 0.1) is 18.5 Å². The van der Waals surface area contributed by atoms with Crippen molar-refractivity contribution in [1.82, 2.24) is 0 Å². The van der Waals surface area contributed by atoms with Crippen molar-refractivity contribution in [1.29, 1.82) is 0 Å². The van der Waals surface area contributed by atoms with E-state index in [4.69, 9.17) is 9.05 Å². The van der Waals surface area contributed by atoms with Crippen molar-refractivity contribution >= 4 is 12.9 Å². The average Bonchev–Trinajstić information content (AvgIpc) is 2.36. The molecular weight excluding hydrogens is 292 g/mol. The van der Waals surface area contributed by atoms with Crippen molar-refractivity contribution in [3.8, 4) is 0 Å². The minimum atomic E-state index is -4.62. The van der Waals surface area contributed by atoms with Crippen molar-refractivity contribution in [2.24, 2.45) is 0 Å². The second kappa shape index (κ2) is 7.07. The van der Waals surface area contributed by atoms with Crippen LogP contribution in [-0.2, 0) is 13.6 Å². The Kier molecular flexibility index (Phi) is 5.99. The molecule has 0 N–H and O–H groups in total. The van der Waals surface area contributed by atoms with Gasteiger partial charge in [0.25, 0.3) is 0 Å². The van der Waals surface area contributed by atoms with Gasteiger partial charge in [-0.1, -0.05) is 30.3 Å². The molecule has 0 bridgehead atoms. The van der Waals surface area contributed by atoms with Crippen LogP contribution in [0.4, 0.5) is 13.2 Å². The lowest BCUT2D eigenvalue weighted by Crippen LogP contribution is -2.06. The summed E-state index contributed by atoms with van der Waals surface area (Å²) in [5, 5.41) is -0.478. The Labute approximate surface area is 115 Å². The van der Waals surface area contributed by atoms with Gasteiger partial charge in [-0.3, -0.25) is 4.57 Å². The minimum absolute atomic E-state index is 0.0146. The zero-order valence-corrected chi connectivity index (χ0v) is 12.1. The molecule has 3 nitrogen and oxygen atoms in total. The van der Waals surface area contributed by atoms with Gasteiger partial charge in [0.2, 0.25) is 0 Å². The normalized spacial score (nSPS) is 13.6. The first kappa shape index (κ1) is 17.0. The number of halogens is 3. The number of hydrogen-bond acceptors (Lipinski definition) is 3. The van der Waals surface area contributed by atoms with Crippen LogP contribution in [0.15, 0.2) is 36.4 Å². The van der Waals surface area contributed by atoms with E-state index in [1.165, 1.54) is 12.1 Å². The van der Waals surface area contributed by atoms with Crippen LogP contribution in [-0.4, -0.2) is 19.4 Å². The van der Waals surface area contributed by atoms with Gasteiger partial charge in [0.1, 0.15) is 0 Å². The highest BCUT2D eigenvalue weighted by Crippen LogP contribution is 2.61. The van der Waals surface area contributed by atoms with Crippen LogP contribution in [0, 0.1) is 0 Å². The lowest BCUT2D eigenvalue weighted by Gasteiger charge is -2.21. The molecular formula is C13H16F3O3P. The van der Waals surface area contributed by atoms with E-state index in [2.05, 4.69) is 0 Å². The summed E-state index contributed by atoms with van der Waals surface area (Å²) in [6, 6.07) is 7.63. The summed E-state index contributed by atoms with van der Waals surface area (Å²) in [4.78, 5) is 0. The van der Waals surface area contributed by atoms with E-state index in [9.17, 15) is 17.7 Å². The first-order chi connectivity index (χ1) is 9.32. The van der Waals surface area contributed by atoms with Crippen LogP contribution in [0.1, 0.15) is 19.4 Å². The van der Waals surface area contributed by atoms with Gasteiger partial charge in [-0.05, 0) is 19.4 Å². The number of hydrogen-bond donors (Lipinski definition) is 0. The maximum Gasteiger partial charge on any atom is 0.410 e. The fourth-order valence-electron chi connectivity index (χ4n) is 1.60. The maximum absolute atomic E-state index is 12.7. The highest BCUT2D eigenvalue weighted by molar-refractivity contribution is 7.65. The molecule has 0 saturated carbocycles. The molecule has 0 saturated heterocycles. The summed E-state index contributed by atoms with van der Waals surface area (Å²) in [5.74, 6) is 0. The second-order valence-electron chi connectivity index (χ2n) is 3.77. The van der Waals surface area contributed by atoms with E-state index in [1.807, 2.05) is 0 Å². The summed E-state index contributed by atoms with van der Waals surface area (Å²) >= 11 is 0. The Morgan fingerprint density at radius 1 is 1.15 bits per heavy atom. The molecule has 0 aliphatic carbocycles. The van der Waals surface area contributed by atoms with Gasteiger partial charge in [-0.2, -0.15) is 13.2 Å². The number of rotatable bonds is 6. The van der Waals surface area contributed by atoms with Crippen molar-refractivity contribution in [3.05, 3.63) is 42.0 Å². The Morgan fingerprint density at radius 3 is 2.05 bits per heavy atom. The molecule has 0 aliphatic rings. The molecule has 112 valence electrons. The summed E-state index contributed by atoms with van der Waals surface area (Å²) in [5.41, 5.74) is 0.162. The number of alkyl halides is 3. The van der Waals surface area contributed by atoms with E-state index in [0.717, 1.165) is 0 Å². The molecule has 20 heavy (non-hydrogen) atoms. The third-order valence-electron chi connectivity index (χ3n) is 2.26. The van der Waals surface area contributed by atoms with E-state index < -0.39 is 19.1 Å². The Bertz CT molecular complexity index is 487. The van der Waals surface area contributed by atoms with Crippen LogP contribution in [0.25, 0.3) is 5.31 Å². The van der Waals surface area contributed by atoms with Gasteiger partial charge in [-0.25, -0.2) is 0 Å². The third-order valence-corrected chi connectivity index (χ3v) is 4.44. The van der Waals surface area contributed by atoms with Gasteiger partial charge in [0.15, 0.2) is 0 Å². The third kappa shape index (κ3) is 4.78. The molecule has 0 amide bonds. The lowest BCUT2D eigenvalue weighted by molar-refractivity contribution is -0.0793. The molecule has 0 aromatic heterocycles. The number of allylic oxidation sites excluding steroid dienone is 1. The molecule has 1 rings (SSSR count). The fraction of sp³-hybridized carbons (Fsp3) is 0.385. The number of benzene rings is 1. The topological polar surface area (TPSA) is 35.5 Å². The Balaban J connectivity index is 3.37. The van der Waals surface area contributed by atoms with Crippen molar-refractivity contribution < 1.29 is 26.8 Å². The zero-order valence-electron chi connectivity index (χ0n) is 11.2. The molecule has 0 unspecified atom stereocenters. The summed E-state index contributed by atoms with van der Waals surface area (Å²) < 4.78 is 60.7. The average molecular weight is 308 g/mol. The van der Waals surface area contributed by atoms with Gasteiger partial charge >= 0.3 is 13.8 Å². The predicted molar refractivity (Wildman–Crippen MR) is 71.3 cm³/mol. The zero-order chi connectivity index (χ0) is 15.2. The van der Waals surface area contributed by atoms with Crippen LogP contribution >= 0.6 is 7.60 Å². The molecule has 1 aromatic carbocycles. The summed E-state index contributed by atoms with van der Waals surface area (Å²) in [6.45, 7) is 3.06. The molecule has 0 radical (unpaired) electrons. The van der Waals surface area contributed by atoms with Crippen LogP contribution in [0.3, 0.4) is 0 Å². The van der Waals surface area contributed by atoms with Gasteiger partial charge in [-0.15, -0.1) is 0 Å². The monoisotopic (exact) mass is 308 g/mol. The molecule has 1 aromatic rings. The highest BCUT2D eigenvalue weighted by Gasteiger charge is 2.36. The van der Waals surface area contributed by atoms with Crippen molar-refractivity contribution in [2.75, 3.05) is 13.2 Å². The van der Waals surface area contributed by atoms with E-state index >= 15 is 0 Å². The first-order valence-corrected chi connectivity index (χ1v) is 7.61. The second-order valence-corrected chi connectivity index (χ2v) is 5.76. The van der Waals surface area contributed by atoms with Gasteiger partial charge in [0, 0.05) is 6.08 Å². The molecule has 0 heterocycles. The SMILES string of the molecule is CCOP(=O)(OCC)C(=CC(F)(F)F)c1ccccc1. The van der Waals surface area contributed by atoms with Crippen molar-refractivity contribution in [3.63, 3.8) is 0 Å². The smallest absolute Gasteiger partial charge is 0.305 e. The molecule has 0 spiro atoms. The predicted octanol–water partition coefficient (Wildman–Crippen LogP) is 4.86. The molecule has 7 heteroatoms. The molecule has 0 fully saturated rings. The van der Waals surface area contributed by atoms with Crippen molar-refractivity contribution in [2.45, 2.75) is 20.0 Å². The standard InChI is InChI=1S/C13H16F3O3P/c1-3-18-20(17,19-4-2)12(10-13(14,15)16)11-8-6-5-7-9-11/h5-10H,3-4H2,1-2H3. The van der Waals surface area contributed by atoms with Crippen LogP contribution in [0.5, 0.6) is 0 Å². The Morgan fingerprint density at radius 2 is 1.65 bits per heavy atom. The Hall–Kier alpha value is -1.10. The minimum Gasteiger partial charge on any atom is -0.305 e. The quantitative estimate of drug-likeness (QED) is 0.704. The van der Waals surface area contributed by atoms with E-state index in [0.29, 0.717) is 0 Å². The van der Waals surface area contributed by atoms with Gasteiger partial charge < -0.3 is 9.05 Å². The summed E-state index contributed by atoms with van der Waals surface area (Å²) in [7, 11) is -4.01.